The Hall–Kier alpha value is -2.86. The first-order valence-corrected chi connectivity index (χ1v) is 9.73. The minimum Gasteiger partial charge on any atom is -0.490 e. The predicted molar refractivity (Wildman–Crippen MR) is 114 cm³/mol. The molecule has 0 aliphatic carbocycles. The van der Waals surface area contributed by atoms with Crippen LogP contribution in [0.5, 0.6) is 11.5 Å². The topological polar surface area (TPSA) is 59.6 Å². The number of ether oxygens (including phenoxy) is 2. The van der Waals surface area contributed by atoms with E-state index in [1.807, 2.05) is 69.3 Å². The fourth-order valence-corrected chi connectivity index (χ4v) is 3.51. The predicted octanol–water partition coefficient (Wildman–Crippen LogP) is 4.16. The van der Waals surface area contributed by atoms with Crippen molar-refractivity contribution in [2.75, 3.05) is 13.2 Å². The Morgan fingerprint density at radius 2 is 1.71 bits per heavy atom. The highest BCUT2D eigenvalue weighted by atomic mass is 32.1. The fraction of sp³-hybridized carbons (Fsp3) is 0.273. The zero-order valence-electron chi connectivity index (χ0n) is 16.2. The molecular weight excluding hydrogens is 372 g/mol. The van der Waals surface area contributed by atoms with Gasteiger partial charge in [-0.05, 0) is 50.7 Å². The van der Waals surface area contributed by atoms with Gasteiger partial charge < -0.3 is 20.1 Å². The molecule has 2 N–H and O–H groups in total. The van der Waals surface area contributed by atoms with Crippen LogP contribution < -0.4 is 20.1 Å². The minimum absolute atomic E-state index is 0.0440. The van der Waals surface area contributed by atoms with E-state index in [9.17, 15) is 4.79 Å². The zero-order chi connectivity index (χ0) is 20.1. The van der Waals surface area contributed by atoms with Gasteiger partial charge >= 0.3 is 0 Å². The van der Waals surface area contributed by atoms with Crippen molar-refractivity contribution in [3.8, 4) is 11.5 Å². The Morgan fingerprint density at radius 1 is 1.04 bits per heavy atom. The minimum atomic E-state index is -0.378. The summed E-state index contributed by atoms with van der Waals surface area (Å²) in [5.74, 6) is 1.29. The Bertz CT molecular complexity index is 909. The molecular formula is C22H24N2O3S. The molecule has 0 saturated heterocycles. The smallest absolute Gasteiger partial charge is 0.193 e. The summed E-state index contributed by atoms with van der Waals surface area (Å²) >= 11 is 5.34. The number of carbonyl (C=O) groups excluding carboxylic acids is 1. The molecule has 1 atom stereocenters. The van der Waals surface area contributed by atoms with Crippen LogP contribution in [0, 0.1) is 0 Å². The molecule has 1 aliphatic rings. The number of nitrogens with one attached hydrogen (secondary N) is 2. The summed E-state index contributed by atoms with van der Waals surface area (Å²) in [6, 6.07) is 14.6. The number of Topliss-reactive ketones (excluding diaryl/α,β-unsaturated/α-hetero) is 1. The molecule has 5 nitrogen and oxygen atoms in total. The Balaban J connectivity index is 2.05. The number of carbonyl (C=O) groups is 1. The van der Waals surface area contributed by atoms with Crippen LogP contribution in [0.1, 0.15) is 42.7 Å². The van der Waals surface area contributed by atoms with Crippen LogP contribution in [0.25, 0.3) is 0 Å². The van der Waals surface area contributed by atoms with Crippen molar-refractivity contribution in [3.05, 3.63) is 70.9 Å². The molecule has 1 heterocycles. The molecule has 3 rings (SSSR count). The lowest BCUT2D eigenvalue weighted by molar-refractivity contribution is 0.102. The molecule has 28 heavy (non-hydrogen) atoms. The molecule has 1 aliphatic heterocycles. The largest absolute Gasteiger partial charge is 0.490 e. The van der Waals surface area contributed by atoms with Crippen molar-refractivity contribution in [1.29, 1.82) is 0 Å². The summed E-state index contributed by atoms with van der Waals surface area (Å²) < 4.78 is 11.4. The molecule has 0 spiro atoms. The maximum atomic E-state index is 13.2. The quantitative estimate of drug-likeness (QED) is 0.541. The van der Waals surface area contributed by atoms with E-state index in [0.29, 0.717) is 41.0 Å². The highest BCUT2D eigenvalue weighted by Crippen LogP contribution is 2.35. The lowest BCUT2D eigenvalue weighted by Gasteiger charge is -2.30. The molecule has 146 valence electrons. The van der Waals surface area contributed by atoms with Crippen LogP contribution in [0.2, 0.25) is 0 Å². The summed E-state index contributed by atoms with van der Waals surface area (Å²) in [5.41, 5.74) is 2.89. The number of hydrogen-bond donors (Lipinski definition) is 2. The van der Waals surface area contributed by atoms with Crippen molar-refractivity contribution in [1.82, 2.24) is 10.6 Å². The number of benzene rings is 2. The molecule has 0 fully saturated rings. The highest BCUT2D eigenvalue weighted by Gasteiger charge is 2.31. The number of allylic oxidation sites excluding steroid dienone is 1. The maximum absolute atomic E-state index is 13.2. The maximum Gasteiger partial charge on any atom is 0.193 e. The SMILES string of the molecule is CCOc1ccc(C2NC(=S)NC(C)=C2C(=O)c2ccccc2)cc1OCC. The lowest BCUT2D eigenvalue weighted by atomic mass is 9.89. The molecule has 0 amide bonds. The number of rotatable bonds is 7. The van der Waals surface area contributed by atoms with Crippen molar-refractivity contribution < 1.29 is 14.3 Å². The first-order chi connectivity index (χ1) is 13.5. The average molecular weight is 397 g/mol. The first kappa shape index (κ1) is 19.9. The second-order valence-corrected chi connectivity index (χ2v) is 6.75. The van der Waals surface area contributed by atoms with E-state index < -0.39 is 0 Å². The molecule has 0 radical (unpaired) electrons. The molecule has 0 aromatic heterocycles. The van der Waals surface area contributed by atoms with Gasteiger partial charge in [0.2, 0.25) is 0 Å². The monoisotopic (exact) mass is 396 g/mol. The summed E-state index contributed by atoms with van der Waals surface area (Å²) in [6.07, 6.45) is 0. The van der Waals surface area contributed by atoms with Gasteiger partial charge in [0.15, 0.2) is 22.4 Å². The third-order valence-corrected chi connectivity index (χ3v) is 4.67. The van der Waals surface area contributed by atoms with Crippen LogP contribution in [-0.2, 0) is 0 Å². The fourth-order valence-electron chi connectivity index (χ4n) is 3.24. The number of ketones is 1. The van der Waals surface area contributed by atoms with Gasteiger partial charge in [-0.15, -0.1) is 0 Å². The van der Waals surface area contributed by atoms with Gasteiger partial charge in [-0.3, -0.25) is 4.79 Å². The van der Waals surface area contributed by atoms with Gasteiger partial charge in [-0.1, -0.05) is 36.4 Å². The van der Waals surface area contributed by atoms with Gasteiger partial charge in [0.1, 0.15) is 0 Å². The standard InChI is InChI=1S/C22H24N2O3S/c1-4-26-17-12-11-16(13-18(17)27-5-2)20-19(14(3)23-22(28)24-20)21(25)15-9-7-6-8-10-15/h6-13,20H,4-5H2,1-3H3,(H2,23,24,28). The highest BCUT2D eigenvalue weighted by molar-refractivity contribution is 7.80. The Morgan fingerprint density at radius 3 is 2.39 bits per heavy atom. The molecule has 2 aromatic carbocycles. The van der Waals surface area contributed by atoms with Crippen LogP contribution in [0.4, 0.5) is 0 Å². The number of hydrogen-bond acceptors (Lipinski definition) is 4. The number of thiocarbonyl (C=S) groups is 1. The van der Waals surface area contributed by atoms with E-state index in [1.165, 1.54) is 0 Å². The van der Waals surface area contributed by atoms with E-state index in [0.717, 1.165) is 11.3 Å². The van der Waals surface area contributed by atoms with Gasteiger partial charge in [0, 0.05) is 16.8 Å². The van der Waals surface area contributed by atoms with E-state index in [-0.39, 0.29) is 11.8 Å². The molecule has 6 heteroatoms. The third kappa shape index (κ3) is 4.17. The van der Waals surface area contributed by atoms with Gasteiger partial charge in [-0.25, -0.2) is 0 Å². The van der Waals surface area contributed by atoms with Gasteiger partial charge in [-0.2, -0.15) is 0 Å². The summed E-state index contributed by atoms with van der Waals surface area (Å²) in [6.45, 7) is 6.79. The second-order valence-electron chi connectivity index (χ2n) is 6.34. The van der Waals surface area contributed by atoms with E-state index in [2.05, 4.69) is 10.6 Å². The molecule has 0 saturated carbocycles. The van der Waals surface area contributed by atoms with Crippen LogP contribution in [0.15, 0.2) is 59.8 Å². The van der Waals surface area contributed by atoms with Crippen LogP contribution >= 0.6 is 12.2 Å². The van der Waals surface area contributed by atoms with E-state index >= 15 is 0 Å². The molecule has 0 bridgehead atoms. The summed E-state index contributed by atoms with van der Waals surface area (Å²) in [5, 5.41) is 6.79. The normalized spacial score (nSPS) is 16.2. The van der Waals surface area contributed by atoms with Crippen LogP contribution in [0.3, 0.4) is 0 Å². The van der Waals surface area contributed by atoms with Crippen molar-refractivity contribution in [3.63, 3.8) is 0 Å². The van der Waals surface area contributed by atoms with Gasteiger partial charge in [0.25, 0.3) is 0 Å². The molecule has 2 aromatic rings. The lowest BCUT2D eigenvalue weighted by Crippen LogP contribution is -2.44. The van der Waals surface area contributed by atoms with Crippen molar-refractivity contribution >= 4 is 23.1 Å². The summed E-state index contributed by atoms with van der Waals surface area (Å²) in [4.78, 5) is 13.2. The average Bonchev–Trinajstić information content (AvgIpc) is 2.69. The zero-order valence-corrected chi connectivity index (χ0v) is 17.1. The van der Waals surface area contributed by atoms with Crippen LogP contribution in [-0.4, -0.2) is 24.1 Å². The Labute approximate surface area is 170 Å². The first-order valence-electron chi connectivity index (χ1n) is 9.32. The second kappa shape index (κ2) is 8.89. The van der Waals surface area contributed by atoms with Crippen molar-refractivity contribution in [2.45, 2.75) is 26.8 Å². The third-order valence-electron chi connectivity index (χ3n) is 4.45. The Kier molecular flexibility index (Phi) is 6.31. The molecule has 1 unspecified atom stereocenters. The van der Waals surface area contributed by atoms with E-state index in [1.54, 1.807) is 0 Å². The van der Waals surface area contributed by atoms with E-state index in [4.69, 9.17) is 21.7 Å². The van der Waals surface area contributed by atoms with Gasteiger partial charge in [0.05, 0.1) is 19.3 Å². The summed E-state index contributed by atoms with van der Waals surface area (Å²) in [7, 11) is 0. The van der Waals surface area contributed by atoms with Crippen molar-refractivity contribution in [2.24, 2.45) is 0 Å².